The molecule has 0 saturated heterocycles. The summed E-state index contributed by atoms with van der Waals surface area (Å²) in [5, 5.41) is 3.48. The maximum Gasteiger partial charge on any atom is 0.220 e. The van der Waals surface area contributed by atoms with Crippen molar-refractivity contribution in [3.8, 4) is 17.1 Å². The highest BCUT2D eigenvalue weighted by molar-refractivity contribution is 6.33. The average molecular weight is 385 g/mol. The number of carbonyl (C=O) groups is 1. The van der Waals surface area contributed by atoms with Crippen LogP contribution in [0.1, 0.15) is 18.7 Å². The first kappa shape index (κ1) is 19.0. The minimum Gasteiger partial charge on any atom is -0.494 e. The Kier molecular flexibility index (Phi) is 6.88. The van der Waals surface area contributed by atoms with Gasteiger partial charge in [-0.3, -0.25) is 4.79 Å². The van der Waals surface area contributed by atoms with E-state index in [9.17, 15) is 4.79 Å². The molecule has 2 aromatic carbocycles. The molecule has 1 amide bonds. The van der Waals surface area contributed by atoms with E-state index in [0.717, 1.165) is 17.7 Å². The van der Waals surface area contributed by atoms with E-state index in [-0.39, 0.29) is 5.91 Å². The second kappa shape index (κ2) is 9.78. The Bertz CT molecular complexity index is 865. The zero-order valence-corrected chi connectivity index (χ0v) is 15.6. The number of hydrogen-bond acceptors (Lipinski definition) is 4. The average Bonchev–Trinajstić information content (AvgIpc) is 3.16. The van der Waals surface area contributed by atoms with Crippen LogP contribution in [0.2, 0.25) is 5.02 Å². The number of aromatic nitrogens is 1. The van der Waals surface area contributed by atoms with Crippen molar-refractivity contribution in [1.82, 2.24) is 10.3 Å². The molecular weight excluding hydrogens is 364 g/mol. The van der Waals surface area contributed by atoms with Gasteiger partial charge in [0, 0.05) is 24.9 Å². The first-order valence-electron chi connectivity index (χ1n) is 8.86. The number of amides is 1. The summed E-state index contributed by atoms with van der Waals surface area (Å²) in [4.78, 5) is 16.2. The number of hydrogen-bond donors (Lipinski definition) is 1. The van der Waals surface area contributed by atoms with E-state index in [0.29, 0.717) is 42.7 Å². The molecule has 0 bridgehead atoms. The predicted octanol–water partition coefficient (Wildman–Crippen LogP) is 4.51. The molecule has 1 heterocycles. The number of carbonyl (C=O) groups excluding carboxylic acids is 1. The van der Waals surface area contributed by atoms with Gasteiger partial charge >= 0.3 is 0 Å². The summed E-state index contributed by atoms with van der Waals surface area (Å²) < 4.78 is 11.3. The van der Waals surface area contributed by atoms with E-state index in [2.05, 4.69) is 10.3 Å². The molecule has 6 heteroatoms. The van der Waals surface area contributed by atoms with Crippen molar-refractivity contribution < 1.29 is 13.9 Å². The van der Waals surface area contributed by atoms with Crippen LogP contribution >= 0.6 is 11.6 Å². The van der Waals surface area contributed by atoms with E-state index < -0.39 is 0 Å². The molecule has 27 heavy (non-hydrogen) atoms. The Morgan fingerprint density at radius 1 is 1.11 bits per heavy atom. The normalized spacial score (nSPS) is 10.6. The molecule has 1 aromatic heterocycles. The second-order valence-electron chi connectivity index (χ2n) is 5.96. The fraction of sp³-hybridized carbons (Fsp3) is 0.238. The van der Waals surface area contributed by atoms with Gasteiger partial charge in [-0.25, -0.2) is 4.98 Å². The maximum absolute atomic E-state index is 11.9. The van der Waals surface area contributed by atoms with Crippen molar-refractivity contribution in [3.05, 3.63) is 71.7 Å². The van der Waals surface area contributed by atoms with Gasteiger partial charge in [0.05, 0.1) is 17.8 Å². The van der Waals surface area contributed by atoms with Gasteiger partial charge in [0.1, 0.15) is 5.75 Å². The van der Waals surface area contributed by atoms with Crippen molar-refractivity contribution in [1.29, 1.82) is 0 Å². The largest absolute Gasteiger partial charge is 0.494 e. The summed E-state index contributed by atoms with van der Waals surface area (Å²) in [6.45, 7) is 1.13. The van der Waals surface area contributed by atoms with Crippen LogP contribution in [0, 0.1) is 0 Å². The van der Waals surface area contributed by atoms with Crippen LogP contribution < -0.4 is 10.1 Å². The zero-order valence-electron chi connectivity index (χ0n) is 14.9. The van der Waals surface area contributed by atoms with E-state index >= 15 is 0 Å². The first-order valence-corrected chi connectivity index (χ1v) is 9.24. The topological polar surface area (TPSA) is 64.4 Å². The van der Waals surface area contributed by atoms with Crippen molar-refractivity contribution in [3.63, 3.8) is 0 Å². The highest BCUT2D eigenvalue weighted by atomic mass is 35.5. The fourth-order valence-electron chi connectivity index (χ4n) is 2.53. The van der Waals surface area contributed by atoms with Gasteiger partial charge in [-0.05, 0) is 30.7 Å². The van der Waals surface area contributed by atoms with Gasteiger partial charge in [0.2, 0.25) is 5.91 Å². The zero-order chi connectivity index (χ0) is 18.9. The van der Waals surface area contributed by atoms with Crippen LogP contribution in [0.4, 0.5) is 0 Å². The minimum atomic E-state index is -0.0350. The third-order valence-corrected chi connectivity index (χ3v) is 4.24. The lowest BCUT2D eigenvalue weighted by Crippen LogP contribution is -2.25. The molecule has 0 fully saturated rings. The molecule has 0 saturated carbocycles. The highest BCUT2D eigenvalue weighted by Crippen LogP contribution is 2.28. The number of nitrogens with one attached hydrogen (secondary N) is 1. The number of oxazole rings is 1. The number of aryl methyl sites for hydroxylation is 1. The first-order chi connectivity index (χ1) is 13.2. The van der Waals surface area contributed by atoms with E-state index in [1.54, 1.807) is 12.3 Å². The molecule has 0 unspecified atom stereocenters. The number of ether oxygens (including phenoxy) is 1. The number of halogens is 1. The summed E-state index contributed by atoms with van der Waals surface area (Å²) in [7, 11) is 0. The molecule has 0 aliphatic carbocycles. The van der Waals surface area contributed by atoms with Crippen LogP contribution in [0.25, 0.3) is 11.3 Å². The lowest BCUT2D eigenvalue weighted by molar-refractivity contribution is -0.121. The quantitative estimate of drug-likeness (QED) is 0.551. The number of rotatable bonds is 9. The van der Waals surface area contributed by atoms with E-state index in [4.69, 9.17) is 20.8 Å². The van der Waals surface area contributed by atoms with Crippen LogP contribution in [-0.4, -0.2) is 24.0 Å². The molecule has 1 N–H and O–H groups in total. The molecule has 5 nitrogen and oxygen atoms in total. The number of para-hydroxylation sites is 1. The van der Waals surface area contributed by atoms with Gasteiger partial charge in [-0.15, -0.1) is 0 Å². The lowest BCUT2D eigenvalue weighted by atomic mass is 10.2. The standard InChI is InChI=1S/C21H21ClN2O3/c22-18-10-5-4-9-17(18)19-15-24-21(27-19)12-11-20(25)23-13-6-14-26-16-7-2-1-3-8-16/h1-5,7-10,15H,6,11-14H2,(H,23,25). The molecule has 3 rings (SSSR count). The van der Waals surface area contributed by atoms with Crippen LogP contribution in [0.5, 0.6) is 5.75 Å². The van der Waals surface area contributed by atoms with Gasteiger partial charge in [0.25, 0.3) is 0 Å². The molecule has 0 spiro atoms. The predicted molar refractivity (Wildman–Crippen MR) is 105 cm³/mol. The van der Waals surface area contributed by atoms with Gasteiger partial charge < -0.3 is 14.5 Å². The van der Waals surface area contributed by atoms with Crippen molar-refractivity contribution >= 4 is 17.5 Å². The molecular formula is C21H21ClN2O3. The molecule has 0 atom stereocenters. The molecule has 140 valence electrons. The Balaban J connectivity index is 1.35. The fourth-order valence-corrected chi connectivity index (χ4v) is 2.76. The summed E-state index contributed by atoms with van der Waals surface area (Å²) in [6.07, 6.45) is 3.14. The lowest BCUT2D eigenvalue weighted by Gasteiger charge is -2.07. The Morgan fingerprint density at radius 2 is 1.89 bits per heavy atom. The highest BCUT2D eigenvalue weighted by Gasteiger charge is 2.11. The van der Waals surface area contributed by atoms with Crippen LogP contribution in [-0.2, 0) is 11.2 Å². The molecule has 3 aromatic rings. The van der Waals surface area contributed by atoms with E-state index in [1.165, 1.54) is 0 Å². The summed E-state index contributed by atoms with van der Waals surface area (Å²) in [6, 6.07) is 17.0. The van der Waals surface area contributed by atoms with Gasteiger partial charge in [-0.2, -0.15) is 0 Å². The smallest absolute Gasteiger partial charge is 0.220 e. The monoisotopic (exact) mass is 384 g/mol. The van der Waals surface area contributed by atoms with Crippen molar-refractivity contribution in [2.24, 2.45) is 0 Å². The second-order valence-corrected chi connectivity index (χ2v) is 6.37. The van der Waals surface area contributed by atoms with Crippen molar-refractivity contribution in [2.75, 3.05) is 13.2 Å². The Morgan fingerprint density at radius 3 is 2.70 bits per heavy atom. The van der Waals surface area contributed by atoms with Crippen LogP contribution in [0.3, 0.4) is 0 Å². The SMILES string of the molecule is O=C(CCc1ncc(-c2ccccc2Cl)o1)NCCCOc1ccccc1. The molecule has 0 radical (unpaired) electrons. The summed E-state index contributed by atoms with van der Waals surface area (Å²) >= 11 is 6.16. The Hall–Kier alpha value is -2.79. The number of nitrogens with zero attached hydrogens (tertiary/aromatic N) is 1. The summed E-state index contributed by atoms with van der Waals surface area (Å²) in [5.41, 5.74) is 0.792. The maximum atomic E-state index is 11.9. The van der Waals surface area contributed by atoms with Gasteiger partial charge in [0.15, 0.2) is 11.7 Å². The van der Waals surface area contributed by atoms with E-state index in [1.807, 2.05) is 48.5 Å². The summed E-state index contributed by atoms with van der Waals surface area (Å²) in [5.74, 6) is 1.93. The Labute approximate surface area is 163 Å². The van der Waals surface area contributed by atoms with Gasteiger partial charge in [-0.1, -0.05) is 41.9 Å². The molecule has 0 aliphatic rings. The molecule has 0 aliphatic heterocycles. The van der Waals surface area contributed by atoms with Crippen molar-refractivity contribution in [2.45, 2.75) is 19.3 Å². The third-order valence-electron chi connectivity index (χ3n) is 3.91. The third kappa shape index (κ3) is 5.86. The van der Waals surface area contributed by atoms with Crippen LogP contribution in [0.15, 0.2) is 65.2 Å². The minimum absolute atomic E-state index is 0.0350. The number of benzene rings is 2.